The number of carbonyl (C=O) groups excluding carboxylic acids is 6. The van der Waals surface area contributed by atoms with E-state index < -0.39 is 77.9 Å². The average Bonchev–Trinajstić information content (AvgIpc) is 3.07. The van der Waals surface area contributed by atoms with Gasteiger partial charge in [0.25, 0.3) is 17.7 Å². The highest BCUT2D eigenvalue weighted by Gasteiger charge is 2.39. The number of imide groups is 1. The fraction of sp³-hybridized carbons (Fsp3) is 0.667. The molecule has 1 aliphatic carbocycles. The van der Waals surface area contributed by atoms with Crippen molar-refractivity contribution in [2.75, 3.05) is 6.54 Å². The molecule has 1 aromatic heterocycles. The second-order valence-corrected chi connectivity index (χ2v) is 12.9. The van der Waals surface area contributed by atoms with Crippen LogP contribution in [-0.4, -0.2) is 92.0 Å². The number of carboxylic acid groups (broad SMARTS) is 1. The van der Waals surface area contributed by atoms with Crippen LogP contribution < -0.4 is 21.7 Å². The minimum Gasteiger partial charge on any atom is -0.480 e. The van der Waals surface area contributed by atoms with E-state index in [1.807, 2.05) is 20.8 Å². The molecule has 1 heterocycles. The van der Waals surface area contributed by atoms with Crippen LogP contribution in [0.2, 0.25) is 0 Å². The van der Waals surface area contributed by atoms with E-state index in [0.29, 0.717) is 11.3 Å². The van der Waals surface area contributed by atoms with Gasteiger partial charge in [-0.05, 0) is 37.0 Å². The maximum Gasteiger partial charge on any atom is 0.323 e. The molecule has 5 amide bonds. The van der Waals surface area contributed by atoms with Crippen molar-refractivity contribution in [2.24, 2.45) is 23.5 Å². The summed E-state index contributed by atoms with van der Waals surface area (Å²) in [4.78, 5) is 100.0. The Hall–Kier alpha value is -4.27. The van der Waals surface area contributed by atoms with Crippen LogP contribution in [0.1, 0.15) is 103 Å². The topological polar surface area (TPSA) is 231 Å². The molecule has 15 nitrogen and oxygen atoms in total. The summed E-state index contributed by atoms with van der Waals surface area (Å²) >= 11 is 0. The number of carbonyl (C=O) groups is 7. The maximum atomic E-state index is 13.9. The van der Waals surface area contributed by atoms with Gasteiger partial charge in [0.1, 0.15) is 30.4 Å². The van der Waals surface area contributed by atoms with Crippen molar-refractivity contribution in [3.8, 4) is 0 Å². The molecule has 6 N–H and O–H groups in total. The van der Waals surface area contributed by atoms with Crippen molar-refractivity contribution < 1.29 is 38.7 Å². The molecule has 2 rings (SSSR count). The Kier molecular flexibility index (Phi) is 16.2. The second-order valence-electron chi connectivity index (χ2n) is 12.9. The SMILES string of the molecule is CC[C@H](N)C(=O)C(=O)N(CC(=O)O)C(=O)[C@H](CC1CCCCC1)NC(=O)[C@@H](NC(=O)[C@H](CC(C)C)NC(=O)c1cnccn1)[C@@H](C)CC. The lowest BCUT2D eigenvalue weighted by Crippen LogP contribution is -2.60. The first kappa shape index (κ1) is 39.9. The van der Waals surface area contributed by atoms with Gasteiger partial charge in [-0.1, -0.05) is 73.1 Å². The molecule has 1 aliphatic rings. The second kappa shape index (κ2) is 19.5. The summed E-state index contributed by atoms with van der Waals surface area (Å²) in [5, 5.41) is 17.6. The molecule has 0 saturated heterocycles. The van der Waals surface area contributed by atoms with Crippen molar-refractivity contribution in [3.05, 3.63) is 24.3 Å². The number of Topliss-reactive ketones (excluding diaryl/α,β-unsaturated/α-hetero) is 1. The zero-order valence-electron chi connectivity index (χ0n) is 28.6. The van der Waals surface area contributed by atoms with Gasteiger partial charge in [0.15, 0.2) is 0 Å². The van der Waals surface area contributed by atoms with Gasteiger partial charge < -0.3 is 26.8 Å². The highest BCUT2D eigenvalue weighted by atomic mass is 16.4. The summed E-state index contributed by atoms with van der Waals surface area (Å²) in [6.07, 6.45) is 9.27. The van der Waals surface area contributed by atoms with E-state index in [4.69, 9.17) is 5.73 Å². The molecule has 0 radical (unpaired) electrons. The lowest BCUT2D eigenvalue weighted by Gasteiger charge is -2.32. The maximum absolute atomic E-state index is 13.9. The van der Waals surface area contributed by atoms with Crippen LogP contribution in [0.15, 0.2) is 18.6 Å². The summed E-state index contributed by atoms with van der Waals surface area (Å²) in [7, 11) is 0. The molecule has 266 valence electrons. The fourth-order valence-corrected chi connectivity index (χ4v) is 5.60. The van der Waals surface area contributed by atoms with Crippen LogP contribution in [0.25, 0.3) is 0 Å². The predicted octanol–water partition coefficient (Wildman–Crippen LogP) is 1.35. The zero-order chi connectivity index (χ0) is 36.0. The quantitative estimate of drug-likeness (QED) is 0.140. The molecule has 0 unspecified atom stereocenters. The minimum atomic E-state index is -1.53. The first-order chi connectivity index (χ1) is 22.7. The molecular formula is C33H51N7O8. The number of amides is 5. The average molecular weight is 674 g/mol. The Morgan fingerprint density at radius 1 is 0.917 bits per heavy atom. The molecule has 5 atom stereocenters. The molecule has 1 fully saturated rings. The molecule has 0 aliphatic heterocycles. The normalized spacial score (nSPS) is 16.5. The lowest BCUT2D eigenvalue weighted by atomic mass is 9.84. The van der Waals surface area contributed by atoms with E-state index in [1.165, 1.54) is 18.6 Å². The van der Waals surface area contributed by atoms with Gasteiger partial charge >= 0.3 is 5.97 Å². The molecule has 0 aromatic carbocycles. The number of ketones is 1. The predicted molar refractivity (Wildman–Crippen MR) is 175 cm³/mol. The van der Waals surface area contributed by atoms with Crippen molar-refractivity contribution in [2.45, 2.75) is 117 Å². The summed E-state index contributed by atoms with van der Waals surface area (Å²) < 4.78 is 0. The van der Waals surface area contributed by atoms with Gasteiger partial charge in [0.05, 0.1) is 12.2 Å². The van der Waals surface area contributed by atoms with Crippen molar-refractivity contribution in [1.29, 1.82) is 0 Å². The number of nitrogens with zero attached hydrogens (tertiary/aromatic N) is 3. The van der Waals surface area contributed by atoms with Crippen LogP contribution in [0, 0.1) is 17.8 Å². The van der Waals surface area contributed by atoms with Crippen molar-refractivity contribution >= 4 is 41.3 Å². The van der Waals surface area contributed by atoms with Gasteiger partial charge in [0, 0.05) is 12.4 Å². The largest absolute Gasteiger partial charge is 0.480 e. The fourth-order valence-electron chi connectivity index (χ4n) is 5.60. The highest BCUT2D eigenvalue weighted by molar-refractivity contribution is 6.40. The Morgan fingerprint density at radius 2 is 1.58 bits per heavy atom. The van der Waals surface area contributed by atoms with E-state index in [2.05, 4.69) is 25.9 Å². The minimum absolute atomic E-state index is 0.00765. The number of aliphatic carboxylic acids is 1. The third kappa shape index (κ3) is 12.1. The smallest absolute Gasteiger partial charge is 0.323 e. The van der Waals surface area contributed by atoms with Crippen LogP contribution in [-0.2, 0) is 28.8 Å². The van der Waals surface area contributed by atoms with Gasteiger partial charge in [0.2, 0.25) is 17.6 Å². The summed E-state index contributed by atoms with van der Waals surface area (Å²) in [5.74, 6) is -7.47. The van der Waals surface area contributed by atoms with E-state index in [0.717, 1.165) is 32.1 Å². The third-order valence-electron chi connectivity index (χ3n) is 8.62. The van der Waals surface area contributed by atoms with E-state index >= 15 is 0 Å². The van der Waals surface area contributed by atoms with Crippen molar-refractivity contribution in [3.63, 3.8) is 0 Å². The van der Waals surface area contributed by atoms with Crippen LogP contribution >= 0.6 is 0 Å². The van der Waals surface area contributed by atoms with Gasteiger partial charge in [-0.2, -0.15) is 0 Å². The highest BCUT2D eigenvalue weighted by Crippen LogP contribution is 2.28. The third-order valence-corrected chi connectivity index (χ3v) is 8.62. The molecule has 48 heavy (non-hydrogen) atoms. The molecular weight excluding hydrogens is 622 g/mol. The molecule has 1 saturated carbocycles. The number of rotatable bonds is 18. The summed E-state index contributed by atoms with van der Waals surface area (Å²) in [6, 6.07) is -4.78. The Morgan fingerprint density at radius 3 is 2.12 bits per heavy atom. The molecule has 15 heteroatoms. The first-order valence-electron chi connectivity index (χ1n) is 16.7. The van der Waals surface area contributed by atoms with E-state index in [9.17, 15) is 38.7 Å². The van der Waals surface area contributed by atoms with E-state index in [-0.39, 0.29) is 36.8 Å². The monoisotopic (exact) mass is 673 g/mol. The number of nitrogens with two attached hydrogens (primary N) is 1. The number of aromatic nitrogens is 2. The standard InChI is InChI=1S/C33H51N7O8/c1-6-20(5)27(39-29(44)23(15-19(3)4)37-30(45)25-17-35-13-14-36-25)31(46)38-24(16-21-11-9-8-10-12-21)32(47)40(18-26(41)42)33(48)28(43)22(34)7-2/h13-14,17,19-24,27H,6-12,15-16,18,34H2,1-5H3,(H,37,45)(H,38,46)(H,39,44)(H,41,42)/t20-,22-,23-,24-,27-/m0/s1. The first-order valence-corrected chi connectivity index (χ1v) is 16.7. The molecule has 1 aromatic rings. The summed E-state index contributed by atoms with van der Waals surface area (Å²) in [6.45, 7) is 7.78. The van der Waals surface area contributed by atoms with Crippen LogP contribution in [0.4, 0.5) is 0 Å². The molecule has 0 spiro atoms. The number of hydrogen-bond donors (Lipinski definition) is 5. The van der Waals surface area contributed by atoms with Gasteiger partial charge in [-0.15, -0.1) is 0 Å². The van der Waals surface area contributed by atoms with Crippen LogP contribution in [0.5, 0.6) is 0 Å². The Bertz CT molecular complexity index is 1290. The lowest BCUT2D eigenvalue weighted by molar-refractivity contribution is -0.158. The Balaban J connectivity index is 2.39. The molecule has 0 bridgehead atoms. The zero-order valence-corrected chi connectivity index (χ0v) is 28.6. The Labute approximate surface area is 281 Å². The summed E-state index contributed by atoms with van der Waals surface area (Å²) in [5.41, 5.74) is 5.76. The van der Waals surface area contributed by atoms with Gasteiger partial charge in [-0.3, -0.25) is 43.4 Å². The number of nitrogens with one attached hydrogen (secondary N) is 3. The van der Waals surface area contributed by atoms with E-state index in [1.54, 1.807) is 13.8 Å². The van der Waals surface area contributed by atoms with Crippen LogP contribution in [0.3, 0.4) is 0 Å². The number of carboxylic acids is 1. The van der Waals surface area contributed by atoms with Gasteiger partial charge in [-0.25, -0.2) is 4.98 Å². The van der Waals surface area contributed by atoms with Crippen molar-refractivity contribution in [1.82, 2.24) is 30.8 Å². The number of hydrogen-bond acceptors (Lipinski definition) is 10.